The summed E-state index contributed by atoms with van der Waals surface area (Å²) < 4.78 is 45.6. The molecule has 5 N–H and O–H groups in total. The second-order valence-corrected chi connectivity index (χ2v) is 7.56. The maximum atomic E-state index is 13.0. The molecule has 0 aliphatic heterocycles. The normalized spacial score (nSPS) is 10.7. The van der Waals surface area contributed by atoms with E-state index in [-0.39, 0.29) is 12.2 Å². The maximum Gasteiger partial charge on any atom is 0.406 e. The number of ether oxygens (including phenoxy) is 1. The number of nitrogens with one attached hydrogen (secondary N) is 1. The fraction of sp³-hybridized carbons (Fsp3) is 0.304. The van der Waals surface area contributed by atoms with Crippen molar-refractivity contribution in [1.29, 1.82) is 0 Å². The summed E-state index contributed by atoms with van der Waals surface area (Å²) in [5.41, 5.74) is 7.67. The smallest absolute Gasteiger partial charge is 0.406 e. The van der Waals surface area contributed by atoms with Crippen LogP contribution in [0.4, 0.5) is 24.5 Å². The third-order valence-electron chi connectivity index (χ3n) is 4.21. The van der Waals surface area contributed by atoms with E-state index in [1.165, 1.54) is 13.5 Å². The predicted molar refractivity (Wildman–Crippen MR) is 127 cm³/mol. The molecule has 1 heterocycles. The van der Waals surface area contributed by atoms with Crippen LogP contribution in [0.1, 0.15) is 26.0 Å². The Hall–Kier alpha value is -2.96. The molecule has 3 rings (SSSR count). The molecule has 0 bridgehead atoms. The Morgan fingerprint density at radius 1 is 1.16 bits per heavy atom. The Kier molecular flexibility index (Phi) is 9.17. The number of aromatic nitrogens is 1. The summed E-state index contributed by atoms with van der Waals surface area (Å²) in [5.74, 6) is 6.27. The molecule has 3 aromatic rings. The number of benzene rings is 2. The van der Waals surface area contributed by atoms with Crippen molar-refractivity contribution in [1.82, 2.24) is 4.57 Å². The van der Waals surface area contributed by atoms with Crippen LogP contribution in [-0.2, 0) is 6.54 Å². The number of hydrogen-bond acceptors (Lipinski definition) is 5. The quantitative estimate of drug-likeness (QED) is 0.259. The second kappa shape index (κ2) is 11.6. The third kappa shape index (κ3) is 6.77. The van der Waals surface area contributed by atoms with Crippen molar-refractivity contribution in [3.8, 4) is 17.6 Å². The van der Waals surface area contributed by atoms with Crippen LogP contribution in [-0.4, -0.2) is 24.4 Å². The number of fused-ring (bicyclic) bond motifs is 1. The van der Waals surface area contributed by atoms with Crippen LogP contribution in [0, 0.1) is 11.8 Å². The molecule has 0 radical (unpaired) electrons. The summed E-state index contributed by atoms with van der Waals surface area (Å²) in [6, 6.07) is 11.9. The summed E-state index contributed by atoms with van der Waals surface area (Å²) >= 11 is 1.10. The van der Waals surface area contributed by atoms with Gasteiger partial charge in [-0.25, -0.2) is 0 Å². The second-order valence-electron chi connectivity index (χ2n) is 6.85. The number of methoxy groups -OCH3 is 1. The Balaban J connectivity index is 0.00000114. The number of rotatable bonds is 5. The molecular weight excluding hydrogens is 437 g/mol. The zero-order valence-electron chi connectivity index (χ0n) is 18.2. The first-order valence-corrected chi connectivity index (χ1v) is 10.8. The summed E-state index contributed by atoms with van der Waals surface area (Å²) in [5, 5.41) is 9.18. The van der Waals surface area contributed by atoms with E-state index in [1.807, 2.05) is 6.07 Å². The van der Waals surface area contributed by atoms with Gasteiger partial charge in [-0.05, 0) is 54.3 Å². The summed E-state index contributed by atoms with van der Waals surface area (Å²) in [6.45, 7) is 3.33. The molecule has 0 unspecified atom stereocenters. The highest BCUT2D eigenvalue weighted by Crippen LogP contribution is 2.29. The SMILES string of the molecule is CCC.COc1cc(SN)ccc1NCC#Cc1cc2c(N)cccc2n1CC(F)(F)F. The highest BCUT2D eigenvalue weighted by Gasteiger charge is 2.29. The molecule has 32 heavy (non-hydrogen) atoms. The molecule has 0 amide bonds. The number of nitrogens with zero attached hydrogens (tertiary/aromatic N) is 1. The minimum Gasteiger partial charge on any atom is -0.495 e. The first-order chi connectivity index (χ1) is 15.2. The summed E-state index contributed by atoms with van der Waals surface area (Å²) in [7, 11) is 1.54. The van der Waals surface area contributed by atoms with E-state index in [2.05, 4.69) is 31.0 Å². The Morgan fingerprint density at radius 3 is 2.50 bits per heavy atom. The van der Waals surface area contributed by atoms with Crippen molar-refractivity contribution in [2.75, 3.05) is 24.7 Å². The van der Waals surface area contributed by atoms with Gasteiger partial charge in [0.25, 0.3) is 0 Å². The Bertz CT molecular complexity index is 1100. The lowest BCUT2D eigenvalue weighted by Crippen LogP contribution is -2.18. The van der Waals surface area contributed by atoms with Gasteiger partial charge in [-0.3, -0.25) is 5.14 Å². The standard InChI is InChI=1S/C20H19F3N4OS.C3H8/c1-28-19-11-14(29-25)7-8-17(19)26-9-3-4-13-10-15-16(24)5-2-6-18(15)27(13)12-20(21,22)23;1-3-2/h2,5-8,10-11,26H,9,12,24-25H2,1H3;3H2,1-2H3. The van der Waals surface area contributed by atoms with E-state index in [4.69, 9.17) is 15.6 Å². The number of nitrogen functional groups attached to an aromatic ring is 1. The van der Waals surface area contributed by atoms with Crippen LogP contribution < -0.4 is 20.9 Å². The monoisotopic (exact) mass is 464 g/mol. The lowest BCUT2D eigenvalue weighted by atomic mass is 10.2. The van der Waals surface area contributed by atoms with Gasteiger partial charge in [0, 0.05) is 16.0 Å². The average Bonchev–Trinajstić information content (AvgIpc) is 3.09. The Labute approximate surface area is 190 Å². The van der Waals surface area contributed by atoms with E-state index in [9.17, 15) is 13.2 Å². The van der Waals surface area contributed by atoms with Gasteiger partial charge in [-0.1, -0.05) is 32.3 Å². The molecular formula is C23H27F3N4OS. The zero-order chi connectivity index (χ0) is 23.7. The average molecular weight is 465 g/mol. The number of halogens is 3. The molecule has 0 saturated heterocycles. The minimum absolute atomic E-state index is 0.217. The van der Waals surface area contributed by atoms with Crippen molar-refractivity contribution < 1.29 is 17.9 Å². The largest absolute Gasteiger partial charge is 0.495 e. The van der Waals surface area contributed by atoms with Gasteiger partial charge in [-0.2, -0.15) is 13.2 Å². The van der Waals surface area contributed by atoms with E-state index in [1.54, 1.807) is 36.4 Å². The minimum atomic E-state index is -4.37. The Morgan fingerprint density at radius 2 is 1.88 bits per heavy atom. The van der Waals surface area contributed by atoms with E-state index in [0.29, 0.717) is 28.0 Å². The van der Waals surface area contributed by atoms with Crippen molar-refractivity contribution in [2.24, 2.45) is 5.14 Å². The molecule has 172 valence electrons. The molecule has 0 saturated carbocycles. The lowest BCUT2D eigenvalue weighted by molar-refractivity contribution is -0.140. The molecule has 9 heteroatoms. The van der Waals surface area contributed by atoms with Gasteiger partial charge < -0.3 is 20.4 Å². The molecule has 1 aromatic heterocycles. The first-order valence-electron chi connectivity index (χ1n) is 9.96. The highest BCUT2D eigenvalue weighted by molar-refractivity contribution is 7.97. The van der Waals surface area contributed by atoms with Crippen molar-refractivity contribution in [3.05, 3.63) is 48.2 Å². The molecule has 5 nitrogen and oxygen atoms in total. The maximum absolute atomic E-state index is 13.0. The van der Waals surface area contributed by atoms with Crippen molar-refractivity contribution >= 4 is 34.2 Å². The van der Waals surface area contributed by atoms with Crippen LogP contribution in [0.2, 0.25) is 0 Å². The summed E-state index contributed by atoms with van der Waals surface area (Å²) in [6.07, 6.45) is -3.12. The van der Waals surface area contributed by atoms with Gasteiger partial charge in [0.05, 0.1) is 30.6 Å². The molecule has 0 aliphatic carbocycles. The van der Waals surface area contributed by atoms with Crippen LogP contribution in [0.5, 0.6) is 5.75 Å². The van der Waals surface area contributed by atoms with Gasteiger partial charge in [0.15, 0.2) is 0 Å². The van der Waals surface area contributed by atoms with Gasteiger partial charge >= 0.3 is 6.18 Å². The number of alkyl halides is 3. The van der Waals surface area contributed by atoms with E-state index in [0.717, 1.165) is 21.4 Å². The topological polar surface area (TPSA) is 78.2 Å². The molecule has 0 spiro atoms. The fourth-order valence-electron chi connectivity index (χ4n) is 2.93. The zero-order valence-corrected chi connectivity index (χ0v) is 19.0. The van der Waals surface area contributed by atoms with Crippen LogP contribution in [0.3, 0.4) is 0 Å². The van der Waals surface area contributed by atoms with E-state index < -0.39 is 12.7 Å². The van der Waals surface area contributed by atoms with Crippen LogP contribution >= 0.6 is 11.9 Å². The van der Waals surface area contributed by atoms with Gasteiger partial charge in [0.1, 0.15) is 12.3 Å². The number of hydrogen-bond donors (Lipinski definition) is 3. The molecule has 0 atom stereocenters. The van der Waals surface area contributed by atoms with Crippen LogP contribution in [0.25, 0.3) is 10.9 Å². The summed E-state index contributed by atoms with van der Waals surface area (Å²) in [4.78, 5) is 0.841. The van der Waals surface area contributed by atoms with Gasteiger partial charge in [-0.15, -0.1) is 0 Å². The van der Waals surface area contributed by atoms with Gasteiger partial charge in [0.2, 0.25) is 0 Å². The number of anilines is 2. The molecule has 0 aliphatic rings. The molecule has 0 fully saturated rings. The highest BCUT2D eigenvalue weighted by atomic mass is 32.2. The predicted octanol–water partition coefficient (Wildman–Crippen LogP) is 5.64. The van der Waals surface area contributed by atoms with Crippen molar-refractivity contribution in [3.63, 3.8) is 0 Å². The first kappa shape index (κ1) is 25.3. The molecule has 2 aromatic carbocycles. The fourth-order valence-corrected chi connectivity index (χ4v) is 3.25. The number of nitrogens with two attached hydrogens (primary N) is 2. The van der Waals surface area contributed by atoms with Crippen molar-refractivity contribution in [2.45, 2.75) is 37.9 Å². The van der Waals surface area contributed by atoms with E-state index >= 15 is 0 Å². The third-order valence-corrected chi connectivity index (χ3v) is 4.74. The van der Waals surface area contributed by atoms with Crippen LogP contribution in [0.15, 0.2) is 47.4 Å². The lowest BCUT2D eigenvalue weighted by Gasteiger charge is -2.11.